The molecule has 1 fully saturated rings. The van der Waals surface area contributed by atoms with E-state index in [4.69, 9.17) is 4.74 Å². The van der Waals surface area contributed by atoms with Gasteiger partial charge in [0, 0.05) is 38.3 Å². The molecule has 2 aromatic carbocycles. The molecule has 7 heteroatoms. The van der Waals surface area contributed by atoms with Crippen LogP contribution in [0.1, 0.15) is 12.0 Å². The van der Waals surface area contributed by atoms with Gasteiger partial charge < -0.3 is 25.2 Å². The van der Waals surface area contributed by atoms with Crippen molar-refractivity contribution in [1.29, 1.82) is 0 Å². The summed E-state index contributed by atoms with van der Waals surface area (Å²) in [4.78, 5) is 28.3. The lowest BCUT2D eigenvalue weighted by Crippen LogP contribution is -2.45. The van der Waals surface area contributed by atoms with Gasteiger partial charge in [0.25, 0.3) is 0 Å². The molecule has 2 aromatic rings. The number of ether oxygens (including phenoxy) is 1. The van der Waals surface area contributed by atoms with Crippen molar-refractivity contribution in [3.63, 3.8) is 0 Å². The maximum absolute atomic E-state index is 12.3. The average Bonchev–Trinajstić information content (AvgIpc) is 3.08. The number of anilines is 1. The van der Waals surface area contributed by atoms with Crippen molar-refractivity contribution in [2.75, 3.05) is 38.7 Å². The fourth-order valence-electron chi connectivity index (χ4n) is 3.39. The SMILES string of the molecule is COc1ccc(N2C[C@@H](NC(=O)NCCN(C)Cc3ccccc3)CC2=O)cc1. The summed E-state index contributed by atoms with van der Waals surface area (Å²) >= 11 is 0. The first-order valence-electron chi connectivity index (χ1n) is 9.76. The van der Waals surface area contributed by atoms with Crippen LogP contribution in [0.4, 0.5) is 10.5 Å². The summed E-state index contributed by atoms with van der Waals surface area (Å²) in [6, 6.07) is 17.1. The summed E-state index contributed by atoms with van der Waals surface area (Å²) < 4.78 is 5.15. The number of rotatable bonds is 8. The lowest BCUT2D eigenvalue weighted by Gasteiger charge is -2.19. The van der Waals surface area contributed by atoms with Crippen molar-refractivity contribution < 1.29 is 14.3 Å². The number of carbonyl (C=O) groups excluding carboxylic acids is 2. The van der Waals surface area contributed by atoms with Gasteiger partial charge >= 0.3 is 6.03 Å². The molecule has 154 valence electrons. The Balaban J connectivity index is 1.39. The van der Waals surface area contributed by atoms with Crippen LogP contribution in [-0.2, 0) is 11.3 Å². The highest BCUT2D eigenvalue weighted by Crippen LogP contribution is 2.24. The lowest BCUT2D eigenvalue weighted by molar-refractivity contribution is -0.117. The van der Waals surface area contributed by atoms with Gasteiger partial charge in [0.1, 0.15) is 5.75 Å². The van der Waals surface area contributed by atoms with Gasteiger partial charge in [0.15, 0.2) is 0 Å². The van der Waals surface area contributed by atoms with Crippen LogP contribution < -0.4 is 20.3 Å². The molecule has 0 saturated carbocycles. The molecule has 1 aliphatic heterocycles. The minimum atomic E-state index is -0.243. The highest BCUT2D eigenvalue weighted by molar-refractivity contribution is 5.96. The summed E-state index contributed by atoms with van der Waals surface area (Å²) in [6.45, 7) is 2.58. The Hall–Kier alpha value is -3.06. The number of amides is 3. The Bertz CT molecular complexity index is 811. The predicted molar refractivity (Wildman–Crippen MR) is 113 cm³/mol. The van der Waals surface area contributed by atoms with Crippen LogP contribution in [0.3, 0.4) is 0 Å². The third kappa shape index (κ3) is 5.96. The Morgan fingerprint density at radius 2 is 1.90 bits per heavy atom. The number of urea groups is 1. The number of likely N-dealkylation sites (N-methyl/N-ethyl adjacent to an activating group) is 1. The third-order valence-corrected chi connectivity index (χ3v) is 4.92. The van der Waals surface area contributed by atoms with Gasteiger partial charge in [-0.15, -0.1) is 0 Å². The standard InChI is InChI=1S/C22H28N4O3/c1-25(15-17-6-4-3-5-7-17)13-12-23-22(28)24-18-14-21(27)26(16-18)19-8-10-20(29-2)11-9-19/h3-11,18H,12-16H2,1-2H3,(H2,23,24,28)/t18-/m0/s1. The van der Waals surface area contributed by atoms with Crippen LogP contribution in [0, 0.1) is 0 Å². The van der Waals surface area contributed by atoms with Crippen molar-refractivity contribution in [2.45, 2.75) is 19.0 Å². The minimum Gasteiger partial charge on any atom is -0.497 e. The van der Waals surface area contributed by atoms with Gasteiger partial charge in [-0.05, 0) is 36.9 Å². The average molecular weight is 396 g/mol. The van der Waals surface area contributed by atoms with E-state index in [-0.39, 0.29) is 18.0 Å². The first kappa shape index (κ1) is 20.7. The molecule has 0 spiro atoms. The molecule has 7 nitrogen and oxygen atoms in total. The molecule has 0 bridgehead atoms. The molecule has 1 heterocycles. The zero-order valence-electron chi connectivity index (χ0n) is 16.9. The molecular formula is C22H28N4O3. The third-order valence-electron chi connectivity index (χ3n) is 4.92. The number of benzene rings is 2. The molecule has 0 unspecified atom stereocenters. The number of nitrogens with zero attached hydrogens (tertiary/aromatic N) is 2. The van der Waals surface area contributed by atoms with Gasteiger partial charge in [0.2, 0.25) is 5.91 Å². The zero-order chi connectivity index (χ0) is 20.6. The molecule has 1 aliphatic rings. The van der Waals surface area contributed by atoms with E-state index < -0.39 is 0 Å². The topological polar surface area (TPSA) is 73.9 Å². The second kappa shape index (κ2) is 9.93. The number of hydrogen-bond acceptors (Lipinski definition) is 4. The first-order chi connectivity index (χ1) is 14.0. The van der Waals surface area contributed by atoms with Gasteiger partial charge in [-0.25, -0.2) is 4.79 Å². The number of methoxy groups -OCH3 is 1. The molecule has 1 atom stereocenters. The van der Waals surface area contributed by atoms with Crippen molar-refractivity contribution in [3.8, 4) is 5.75 Å². The van der Waals surface area contributed by atoms with Crippen LogP contribution in [-0.4, -0.2) is 56.7 Å². The largest absolute Gasteiger partial charge is 0.497 e. The molecule has 0 radical (unpaired) electrons. The highest BCUT2D eigenvalue weighted by atomic mass is 16.5. The van der Waals surface area contributed by atoms with Crippen LogP contribution in [0.5, 0.6) is 5.75 Å². The number of nitrogens with one attached hydrogen (secondary N) is 2. The van der Waals surface area contributed by atoms with E-state index in [1.165, 1.54) is 5.56 Å². The van der Waals surface area contributed by atoms with Gasteiger partial charge in [-0.3, -0.25) is 4.79 Å². The van der Waals surface area contributed by atoms with Crippen LogP contribution in [0.25, 0.3) is 0 Å². The van der Waals surface area contributed by atoms with E-state index in [2.05, 4.69) is 27.7 Å². The Labute approximate surface area is 171 Å². The summed E-state index contributed by atoms with van der Waals surface area (Å²) in [7, 11) is 3.63. The number of hydrogen-bond donors (Lipinski definition) is 2. The number of carbonyl (C=O) groups is 2. The quantitative estimate of drug-likeness (QED) is 0.718. The van der Waals surface area contributed by atoms with E-state index in [1.807, 2.05) is 49.5 Å². The monoisotopic (exact) mass is 396 g/mol. The van der Waals surface area contributed by atoms with Crippen molar-refractivity contribution in [2.24, 2.45) is 0 Å². The fourth-order valence-corrected chi connectivity index (χ4v) is 3.39. The zero-order valence-corrected chi connectivity index (χ0v) is 16.9. The molecule has 1 saturated heterocycles. The van der Waals surface area contributed by atoms with E-state index in [0.717, 1.165) is 24.5 Å². The maximum atomic E-state index is 12.3. The smallest absolute Gasteiger partial charge is 0.315 e. The van der Waals surface area contributed by atoms with Gasteiger partial charge in [0.05, 0.1) is 13.2 Å². The van der Waals surface area contributed by atoms with E-state index in [9.17, 15) is 9.59 Å². The van der Waals surface area contributed by atoms with Crippen molar-refractivity contribution >= 4 is 17.6 Å². The van der Waals surface area contributed by atoms with Gasteiger partial charge in [-0.2, -0.15) is 0 Å². The molecular weight excluding hydrogens is 368 g/mol. The Kier molecular flexibility index (Phi) is 7.08. The molecule has 3 amide bonds. The summed E-state index contributed by atoms with van der Waals surface area (Å²) in [5.74, 6) is 0.745. The van der Waals surface area contributed by atoms with Crippen LogP contribution in [0.2, 0.25) is 0 Å². The summed E-state index contributed by atoms with van der Waals surface area (Å²) in [6.07, 6.45) is 0.299. The second-order valence-electron chi connectivity index (χ2n) is 7.23. The van der Waals surface area contributed by atoms with Crippen molar-refractivity contribution in [1.82, 2.24) is 15.5 Å². The molecule has 0 aromatic heterocycles. The Morgan fingerprint density at radius 1 is 1.17 bits per heavy atom. The highest BCUT2D eigenvalue weighted by Gasteiger charge is 2.31. The normalized spacial score (nSPS) is 16.2. The first-order valence-corrected chi connectivity index (χ1v) is 9.76. The second-order valence-corrected chi connectivity index (χ2v) is 7.23. The predicted octanol–water partition coefficient (Wildman–Crippen LogP) is 2.23. The Morgan fingerprint density at radius 3 is 2.59 bits per heavy atom. The van der Waals surface area contributed by atoms with Crippen LogP contribution in [0.15, 0.2) is 54.6 Å². The molecule has 29 heavy (non-hydrogen) atoms. The van der Waals surface area contributed by atoms with E-state index >= 15 is 0 Å². The summed E-state index contributed by atoms with van der Waals surface area (Å²) in [5.41, 5.74) is 2.05. The van der Waals surface area contributed by atoms with Crippen molar-refractivity contribution in [3.05, 3.63) is 60.2 Å². The van der Waals surface area contributed by atoms with Crippen LogP contribution >= 0.6 is 0 Å². The summed E-state index contributed by atoms with van der Waals surface area (Å²) in [5, 5.41) is 5.77. The molecule has 0 aliphatic carbocycles. The van der Waals surface area contributed by atoms with E-state index in [0.29, 0.717) is 19.5 Å². The minimum absolute atomic E-state index is 0.00283. The molecule has 2 N–H and O–H groups in total. The lowest BCUT2D eigenvalue weighted by atomic mass is 10.2. The van der Waals surface area contributed by atoms with E-state index in [1.54, 1.807) is 12.0 Å². The van der Waals surface area contributed by atoms with Gasteiger partial charge in [-0.1, -0.05) is 30.3 Å². The fraction of sp³-hybridized carbons (Fsp3) is 0.364. The molecule has 3 rings (SSSR count). The maximum Gasteiger partial charge on any atom is 0.315 e.